The minimum Gasteiger partial charge on any atom is -0.480 e. The Morgan fingerprint density at radius 2 is 2.33 bits per heavy atom. The first kappa shape index (κ1) is 15.1. The lowest BCUT2D eigenvalue weighted by Gasteiger charge is -2.12. The van der Waals surface area contributed by atoms with E-state index in [1.165, 1.54) is 11.3 Å². The van der Waals surface area contributed by atoms with Crippen LogP contribution in [0.2, 0.25) is 0 Å². The molecule has 0 aliphatic carbocycles. The van der Waals surface area contributed by atoms with Crippen LogP contribution in [-0.4, -0.2) is 43.2 Å². The average molecular weight is 309 g/mol. The third kappa shape index (κ3) is 4.09. The molecule has 21 heavy (non-hydrogen) atoms. The van der Waals surface area contributed by atoms with Crippen LogP contribution in [0.4, 0.5) is 0 Å². The first-order valence-corrected chi connectivity index (χ1v) is 7.37. The van der Waals surface area contributed by atoms with Crippen molar-refractivity contribution in [1.29, 1.82) is 0 Å². The number of nitrogens with zero attached hydrogens (tertiary/aromatic N) is 4. The molecule has 0 radical (unpaired) electrons. The van der Waals surface area contributed by atoms with Gasteiger partial charge in [0.05, 0.1) is 0 Å². The summed E-state index contributed by atoms with van der Waals surface area (Å²) < 4.78 is 0. The average Bonchev–Trinajstić information content (AvgIpc) is 3.08. The molecule has 0 fully saturated rings. The Hall–Kier alpha value is -2.29. The van der Waals surface area contributed by atoms with E-state index in [1.807, 2.05) is 23.8 Å². The van der Waals surface area contributed by atoms with Gasteiger partial charge in [0, 0.05) is 10.9 Å². The highest BCUT2D eigenvalue weighted by molar-refractivity contribution is 7.08. The van der Waals surface area contributed by atoms with Crippen molar-refractivity contribution in [2.75, 3.05) is 0 Å². The fourth-order valence-electron chi connectivity index (χ4n) is 1.73. The predicted octanol–water partition coefficient (Wildman–Crippen LogP) is 0.771. The zero-order valence-electron chi connectivity index (χ0n) is 11.4. The van der Waals surface area contributed by atoms with E-state index in [9.17, 15) is 9.59 Å². The number of hydrogen-bond acceptors (Lipinski definition) is 6. The Bertz CT molecular complexity index is 610. The van der Waals surface area contributed by atoms with Crippen molar-refractivity contribution in [3.8, 4) is 11.4 Å². The number of aromatic nitrogens is 4. The lowest BCUT2D eigenvalue weighted by molar-refractivity contribution is -0.142. The monoisotopic (exact) mass is 309 g/mol. The van der Waals surface area contributed by atoms with E-state index >= 15 is 0 Å². The molecule has 0 aromatic carbocycles. The molecule has 1 atom stereocenters. The zero-order chi connectivity index (χ0) is 15.2. The second-order valence-corrected chi connectivity index (χ2v) is 5.18. The van der Waals surface area contributed by atoms with Gasteiger partial charge in [0.2, 0.25) is 11.7 Å². The van der Waals surface area contributed by atoms with Crippen LogP contribution in [0.3, 0.4) is 0 Å². The van der Waals surface area contributed by atoms with E-state index in [0.717, 1.165) is 10.4 Å². The summed E-state index contributed by atoms with van der Waals surface area (Å²) in [6.07, 6.45) is 1.05. The van der Waals surface area contributed by atoms with E-state index in [4.69, 9.17) is 5.11 Å². The van der Waals surface area contributed by atoms with Gasteiger partial charge in [0.25, 0.3) is 0 Å². The van der Waals surface area contributed by atoms with Gasteiger partial charge < -0.3 is 10.4 Å². The van der Waals surface area contributed by atoms with Crippen LogP contribution in [-0.2, 0) is 16.1 Å². The van der Waals surface area contributed by atoms with Gasteiger partial charge in [-0.1, -0.05) is 13.3 Å². The molecule has 0 saturated carbocycles. The van der Waals surface area contributed by atoms with Crippen LogP contribution in [0.25, 0.3) is 11.4 Å². The largest absolute Gasteiger partial charge is 0.480 e. The van der Waals surface area contributed by atoms with E-state index in [1.54, 1.807) is 0 Å². The molecule has 2 aromatic heterocycles. The van der Waals surface area contributed by atoms with Crippen molar-refractivity contribution in [1.82, 2.24) is 25.5 Å². The highest BCUT2D eigenvalue weighted by Crippen LogP contribution is 2.16. The molecular weight excluding hydrogens is 294 g/mol. The summed E-state index contributed by atoms with van der Waals surface area (Å²) in [6.45, 7) is 1.69. The number of carbonyl (C=O) groups excluding carboxylic acids is 1. The molecule has 2 aromatic rings. The summed E-state index contributed by atoms with van der Waals surface area (Å²) in [5.41, 5.74) is 0.834. The number of rotatable bonds is 7. The number of carboxylic acid groups (broad SMARTS) is 1. The van der Waals surface area contributed by atoms with Gasteiger partial charge >= 0.3 is 5.97 Å². The third-order valence-electron chi connectivity index (χ3n) is 2.73. The maximum atomic E-state index is 11.8. The maximum absolute atomic E-state index is 11.8. The molecule has 0 aliphatic heterocycles. The van der Waals surface area contributed by atoms with Gasteiger partial charge in [-0.3, -0.25) is 4.79 Å². The van der Waals surface area contributed by atoms with Gasteiger partial charge in [-0.05, 0) is 23.1 Å². The molecule has 0 spiro atoms. The van der Waals surface area contributed by atoms with Gasteiger partial charge in [-0.15, -0.1) is 10.2 Å². The summed E-state index contributed by atoms with van der Waals surface area (Å²) in [5, 5.41) is 26.9. The fourth-order valence-corrected chi connectivity index (χ4v) is 2.37. The molecule has 0 aliphatic rings. The number of carboxylic acids is 1. The van der Waals surface area contributed by atoms with Crippen LogP contribution in [0, 0.1) is 0 Å². The highest BCUT2D eigenvalue weighted by Gasteiger charge is 2.19. The fraction of sp³-hybridized carbons (Fsp3) is 0.417. The Kier molecular flexibility index (Phi) is 4.99. The minimum atomic E-state index is -1.05. The zero-order valence-corrected chi connectivity index (χ0v) is 12.2. The van der Waals surface area contributed by atoms with Crippen LogP contribution in [0.5, 0.6) is 0 Å². The molecule has 1 unspecified atom stereocenters. The number of aliphatic carboxylic acids is 1. The Morgan fingerprint density at radius 1 is 1.52 bits per heavy atom. The number of carbonyl (C=O) groups is 2. The first-order chi connectivity index (χ1) is 10.1. The van der Waals surface area contributed by atoms with Crippen molar-refractivity contribution >= 4 is 23.2 Å². The van der Waals surface area contributed by atoms with E-state index in [0.29, 0.717) is 18.7 Å². The maximum Gasteiger partial charge on any atom is 0.326 e. The molecule has 2 rings (SSSR count). The molecule has 1 amide bonds. The SMILES string of the molecule is CCCC(NC(=O)Cn1nnc(-c2ccsc2)n1)C(=O)O. The van der Waals surface area contributed by atoms with Gasteiger partial charge in [-0.25, -0.2) is 4.79 Å². The topological polar surface area (TPSA) is 110 Å². The molecule has 8 nitrogen and oxygen atoms in total. The summed E-state index contributed by atoms with van der Waals surface area (Å²) in [5.74, 6) is -1.06. The summed E-state index contributed by atoms with van der Waals surface area (Å²) in [6, 6.07) is 0.968. The van der Waals surface area contributed by atoms with Gasteiger partial charge in [0.1, 0.15) is 12.6 Å². The van der Waals surface area contributed by atoms with Crippen LogP contribution >= 0.6 is 11.3 Å². The Morgan fingerprint density at radius 3 is 2.95 bits per heavy atom. The molecule has 9 heteroatoms. The Labute approximate surface area is 124 Å². The quantitative estimate of drug-likeness (QED) is 0.781. The van der Waals surface area contributed by atoms with Crippen molar-refractivity contribution < 1.29 is 14.7 Å². The molecule has 0 saturated heterocycles. The number of tetrazole rings is 1. The number of thiophene rings is 1. The summed E-state index contributed by atoms with van der Waals surface area (Å²) in [7, 11) is 0. The van der Waals surface area contributed by atoms with Crippen LogP contribution in [0.15, 0.2) is 16.8 Å². The molecule has 112 valence electrons. The van der Waals surface area contributed by atoms with Gasteiger partial charge in [0.15, 0.2) is 0 Å². The van der Waals surface area contributed by atoms with Crippen molar-refractivity contribution in [3.63, 3.8) is 0 Å². The minimum absolute atomic E-state index is 0.162. The Balaban J connectivity index is 1.95. The van der Waals surface area contributed by atoms with Gasteiger partial charge in [-0.2, -0.15) is 16.1 Å². The molecular formula is C12H15N5O3S. The lowest BCUT2D eigenvalue weighted by atomic mass is 10.2. The normalized spacial score (nSPS) is 12.0. The number of amides is 1. The van der Waals surface area contributed by atoms with Crippen molar-refractivity contribution in [3.05, 3.63) is 16.8 Å². The highest BCUT2D eigenvalue weighted by atomic mass is 32.1. The van der Waals surface area contributed by atoms with Crippen LogP contribution < -0.4 is 5.32 Å². The van der Waals surface area contributed by atoms with E-state index in [2.05, 4.69) is 20.7 Å². The third-order valence-corrected chi connectivity index (χ3v) is 3.41. The van der Waals surface area contributed by atoms with Crippen molar-refractivity contribution in [2.45, 2.75) is 32.4 Å². The molecule has 0 bridgehead atoms. The second-order valence-electron chi connectivity index (χ2n) is 4.40. The summed E-state index contributed by atoms with van der Waals surface area (Å²) >= 11 is 1.51. The smallest absolute Gasteiger partial charge is 0.326 e. The van der Waals surface area contributed by atoms with Crippen molar-refractivity contribution in [2.24, 2.45) is 0 Å². The van der Waals surface area contributed by atoms with E-state index in [-0.39, 0.29) is 6.54 Å². The number of hydrogen-bond donors (Lipinski definition) is 2. The lowest BCUT2D eigenvalue weighted by Crippen LogP contribution is -2.42. The number of nitrogens with one attached hydrogen (secondary N) is 1. The molecule has 2 N–H and O–H groups in total. The first-order valence-electron chi connectivity index (χ1n) is 6.42. The van der Waals surface area contributed by atoms with Crippen LogP contribution in [0.1, 0.15) is 19.8 Å². The molecule has 2 heterocycles. The van der Waals surface area contributed by atoms with E-state index < -0.39 is 17.9 Å². The summed E-state index contributed by atoms with van der Waals surface area (Å²) in [4.78, 5) is 23.9. The second kappa shape index (κ2) is 6.93. The standard InChI is InChI=1S/C12H15N5O3S/c1-2-3-9(12(19)20)13-10(18)6-17-15-11(14-16-17)8-4-5-21-7-8/h4-5,7,9H,2-3,6H2,1H3,(H,13,18)(H,19,20). The predicted molar refractivity (Wildman–Crippen MR) is 75.6 cm³/mol.